The molecule has 1 heterocycles. The summed E-state index contributed by atoms with van der Waals surface area (Å²) in [6.07, 6.45) is 8.15. The quantitative estimate of drug-likeness (QED) is 0.655. The molecule has 112 valence electrons. The number of esters is 1. The summed E-state index contributed by atoms with van der Waals surface area (Å²) in [5.74, 6) is 0.473. The molecule has 4 heteroatoms. The summed E-state index contributed by atoms with van der Waals surface area (Å²) >= 11 is 0. The lowest BCUT2D eigenvalue weighted by Gasteiger charge is -2.22. The molecule has 0 aromatic carbocycles. The van der Waals surface area contributed by atoms with Crippen molar-refractivity contribution in [3.8, 4) is 0 Å². The van der Waals surface area contributed by atoms with Gasteiger partial charge in [-0.2, -0.15) is 0 Å². The van der Waals surface area contributed by atoms with E-state index in [4.69, 9.17) is 15.2 Å². The second-order valence-electron chi connectivity index (χ2n) is 5.44. The molecule has 1 rings (SSSR count). The molecule has 0 aromatic heterocycles. The minimum atomic E-state index is -0.0905. The predicted molar refractivity (Wildman–Crippen MR) is 75.9 cm³/mol. The van der Waals surface area contributed by atoms with Crippen molar-refractivity contribution < 1.29 is 14.3 Å². The molecule has 4 nitrogen and oxygen atoms in total. The first-order valence-electron chi connectivity index (χ1n) is 7.73. The zero-order chi connectivity index (χ0) is 13.9. The number of rotatable bonds is 9. The smallest absolute Gasteiger partial charge is 0.305 e. The highest BCUT2D eigenvalue weighted by Gasteiger charge is 2.16. The molecule has 1 saturated heterocycles. The highest BCUT2D eigenvalue weighted by Crippen LogP contribution is 2.18. The number of hydrogen-bond donors (Lipinski definition) is 1. The van der Waals surface area contributed by atoms with E-state index >= 15 is 0 Å². The van der Waals surface area contributed by atoms with E-state index in [0.29, 0.717) is 25.5 Å². The molecule has 0 radical (unpaired) electrons. The predicted octanol–water partition coefficient (Wildman–Crippen LogP) is 2.64. The van der Waals surface area contributed by atoms with Crippen molar-refractivity contribution >= 4 is 5.97 Å². The van der Waals surface area contributed by atoms with Crippen LogP contribution in [-0.2, 0) is 14.3 Å². The maximum atomic E-state index is 11.7. The second-order valence-corrected chi connectivity index (χ2v) is 5.44. The fraction of sp³-hybridized carbons (Fsp3) is 0.933. The fourth-order valence-corrected chi connectivity index (χ4v) is 2.60. The lowest BCUT2D eigenvalue weighted by Crippen LogP contribution is -2.26. The van der Waals surface area contributed by atoms with Gasteiger partial charge in [0.15, 0.2) is 0 Å². The summed E-state index contributed by atoms with van der Waals surface area (Å²) in [7, 11) is 0. The molecule has 19 heavy (non-hydrogen) atoms. The molecular formula is C15H29NO3. The van der Waals surface area contributed by atoms with E-state index < -0.39 is 0 Å². The monoisotopic (exact) mass is 271 g/mol. The van der Waals surface area contributed by atoms with Crippen LogP contribution in [-0.4, -0.2) is 31.8 Å². The van der Waals surface area contributed by atoms with Gasteiger partial charge in [0.05, 0.1) is 6.10 Å². The topological polar surface area (TPSA) is 61.6 Å². The molecular weight excluding hydrogens is 242 g/mol. The molecule has 0 aromatic rings. The van der Waals surface area contributed by atoms with Crippen LogP contribution in [0.25, 0.3) is 0 Å². The molecule has 1 fully saturated rings. The van der Waals surface area contributed by atoms with Gasteiger partial charge in [-0.3, -0.25) is 4.79 Å². The zero-order valence-corrected chi connectivity index (χ0v) is 12.2. The standard InChI is InChI=1S/C15H29NO3/c1-2-5-13(9-10-16)7-8-15(17)19-12-14-6-3-4-11-18-14/h13-14H,2-12,16H2,1H3. The van der Waals surface area contributed by atoms with Crippen LogP contribution in [0, 0.1) is 5.92 Å². The SMILES string of the molecule is CCCC(CCN)CCC(=O)OCC1CCCCO1. The van der Waals surface area contributed by atoms with Gasteiger partial charge in [0.2, 0.25) is 0 Å². The Kier molecular flexibility index (Phi) is 8.84. The molecule has 2 unspecified atom stereocenters. The summed E-state index contributed by atoms with van der Waals surface area (Å²) in [5.41, 5.74) is 5.59. The maximum absolute atomic E-state index is 11.7. The van der Waals surface area contributed by atoms with Gasteiger partial charge >= 0.3 is 5.97 Å². The van der Waals surface area contributed by atoms with Gasteiger partial charge in [-0.05, 0) is 44.6 Å². The van der Waals surface area contributed by atoms with E-state index in [2.05, 4.69) is 6.92 Å². The van der Waals surface area contributed by atoms with Crippen molar-refractivity contribution in [1.29, 1.82) is 0 Å². The third-order valence-corrected chi connectivity index (χ3v) is 3.73. The average molecular weight is 271 g/mol. The van der Waals surface area contributed by atoms with Crippen LogP contribution in [0.15, 0.2) is 0 Å². The highest BCUT2D eigenvalue weighted by atomic mass is 16.6. The summed E-state index contributed by atoms with van der Waals surface area (Å²) in [6.45, 7) is 4.10. The van der Waals surface area contributed by atoms with Crippen molar-refractivity contribution in [1.82, 2.24) is 0 Å². The second kappa shape index (κ2) is 10.2. The third kappa shape index (κ3) is 7.53. The molecule has 1 aliphatic heterocycles. The number of ether oxygens (including phenoxy) is 2. The van der Waals surface area contributed by atoms with E-state index in [1.165, 1.54) is 6.42 Å². The average Bonchev–Trinajstić information content (AvgIpc) is 2.44. The van der Waals surface area contributed by atoms with Gasteiger partial charge < -0.3 is 15.2 Å². The molecule has 0 bridgehead atoms. The summed E-state index contributed by atoms with van der Waals surface area (Å²) in [4.78, 5) is 11.7. The molecule has 0 spiro atoms. The molecule has 2 N–H and O–H groups in total. The highest BCUT2D eigenvalue weighted by molar-refractivity contribution is 5.69. The Bertz CT molecular complexity index is 234. The number of hydrogen-bond acceptors (Lipinski definition) is 4. The van der Waals surface area contributed by atoms with Gasteiger partial charge in [0.25, 0.3) is 0 Å². The summed E-state index contributed by atoms with van der Waals surface area (Å²) in [5, 5.41) is 0. The van der Waals surface area contributed by atoms with Gasteiger partial charge in [-0.1, -0.05) is 19.8 Å². The Morgan fingerprint density at radius 1 is 1.37 bits per heavy atom. The molecule has 1 aliphatic rings. The van der Waals surface area contributed by atoms with E-state index in [1.54, 1.807) is 0 Å². The minimum absolute atomic E-state index is 0.0905. The van der Waals surface area contributed by atoms with E-state index in [-0.39, 0.29) is 12.1 Å². The van der Waals surface area contributed by atoms with Crippen LogP contribution in [0.5, 0.6) is 0 Å². The van der Waals surface area contributed by atoms with Gasteiger partial charge in [0.1, 0.15) is 6.61 Å². The first kappa shape index (κ1) is 16.4. The van der Waals surface area contributed by atoms with Crippen LogP contribution < -0.4 is 5.73 Å². The Hall–Kier alpha value is -0.610. The third-order valence-electron chi connectivity index (χ3n) is 3.73. The van der Waals surface area contributed by atoms with Crippen LogP contribution in [0.4, 0.5) is 0 Å². The summed E-state index contributed by atoms with van der Waals surface area (Å²) in [6, 6.07) is 0. The maximum Gasteiger partial charge on any atom is 0.305 e. The Labute approximate surface area is 117 Å². The van der Waals surface area contributed by atoms with E-state index in [1.807, 2.05) is 0 Å². The van der Waals surface area contributed by atoms with Gasteiger partial charge in [-0.15, -0.1) is 0 Å². The van der Waals surface area contributed by atoms with Crippen LogP contribution >= 0.6 is 0 Å². The largest absolute Gasteiger partial charge is 0.463 e. The normalized spacial score (nSPS) is 21.1. The Morgan fingerprint density at radius 3 is 2.84 bits per heavy atom. The fourth-order valence-electron chi connectivity index (χ4n) is 2.60. The van der Waals surface area contributed by atoms with Crippen LogP contribution in [0.2, 0.25) is 0 Å². The van der Waals surface area contributed by atoms with Crippen molar-refractivity contribution in [2.75, 3.05) is 19.8 Å². The Balaban J connectivity index is 2.11. The van der Waals surface area contributed by atoms with Gasteiger partial charge in [0, 0.05) is 13.0 Å². The lowest BCUT2D eigenvalue weighted by atomic mass is 9.94. The first-order valence-corrected chi connectivity index (χ1v) is 7.73. The van der Waals surface area contributed by atoms with Crippen molar-refractivity contribution in [3.05, 3.63) is 0 Å². The van der Waals surface area contributed by atoms with Crippen molar-refractivity contribution in [2.45, 2.75) is 64.4 Å². The number of carbonyl (C=O) groups is 1. The van der Waals surface area contributed by atoms with Crippen LogP contribution in [0.1, 0.15) is 58.3 Å². The zero-order valence-electron chi connectivity index (χ0n) is 12.2. The van der Waals surface area contributed by atoms with Crippen molar-refractivity contribution in [2.24, 2.45) is 11.7 Å². The molecule has 0 saturated carbocycles. The van der Waals surface area contributed by atoms with Crippen LogP contribution in [0.3, 0.4) is 0 Å². The molecule has 2 atom stereocenters. The van der Waals surface area contributed by atoms with Gasteiger partial charge in [-0.25, -0.2) is 0 Å². The number of nitrogens with two attached hydrogens (primary N) is 1. The first-order chi connectivity index (χ1) is 9.26. The minimum Gasteiger partial charge on any atom is -0.463 e. The summed E-state index contributed by atoms with van der Waals surface area (Å²) < 4.78 is 10.8. The lowest BCUT2D eigenvalue weighted by molar-refractivity contribution is -0.149. The Morgan fingerprint density at radius 2 is 2.21 bits per heavy atom. The van der Waals surface area contributed by atoms with E-state index in [9.17, 15) is 4.79 Å². The number of carbonyl (C=O) groups excluding carboxylic acids is 1. The van der Waals surface area contributed by atoms with E-state index in [0.717, 1.165) is 45.1 Å². The molecule has 0 aliphatic carbocycles. The van der Waals surface area contributed by atoms with Crippen molar-refractivity contribution in [3.63, 3.8) is 0 Å². The molecule has 0 amide bonds.